The molecule has 0 radical (unpaired) electrons. The second-order valence-electron chi connectivity index (χ2n) is 5.48. The third-order valence-electron chi connectivity index (χ3n) is 3.92. The van der Waals surface area contributed by atoms with Gasteiger partial charge in [-0.3, -0.25) is 4.68 Å². The fourth-order valence-corrected chi connectivity index (χ4v) is 2.75. The van der Waals surface area contributed by atoms with Crippen molar-refractivity contribution >= 4 is 5.69 Å². The summed E-state index contributed by atoms with van der Waals surface area (Å²) in [5.74, 6) is 0. The average Bonchev–Trinajstić information content (AvgIpc) is 3.04. The van der Waals surface area contributed by atoms with Crippen LogP contribution in [0.1, 0.15) is 32.4 Å². The topological polar surface area (TPSA) is 21.1 Å². The number of likely N-dealkylation sites (N-methyl/N-ethyl adjacent to an activating group) is 1. The second kappa shape index (κ2) is 4.72. The van der Waals surface area contributed by atoms with Gasteiger partial charge in [-0.15, -0.1) is 0 Å². The Bertz CT molecular complexity index is 583. The van der Waals surface area contributed by atoms with E-state index in [1.54, 1.807) is 0 Å². The molecular formula is C16H21N3. The molecule has 1 aromatic carbocycles. The van der Waals surface area contributed by atoms with E-state index >= 15 is 0 Å². The Morgan fingerprint density at radius 1 is 1.26 bits per heavy atom. The molecule has 0 unspecified atom stereocenters. The van der Waals surface area contributed by atoms with Gasteiger partial charge in [0.05, 0.1) is 6.20 Å². The Labute approximate surface area is 114 Å². The molecule has 1 aliphatic heterocycles. The lowest BCUT2D eigenvalue weighted by molar-refractivity contribution is 0.532. The summed E-state index contributed by atoms with van der Waals surface area (Å²) in [6.45, 7) is 8.77. The van der Waals surface area contributed by atoms with Gasteiger partial charge in [-0.2, -0.15) is 5.10 Å². The fourth-order valence-electron chi connectivity index (χ4n) is 2.75. The first-order valence-electron chi connectivity index (χ1n) is 7.11. The number of fused-ring (bicyclic) bond motifs is 1. The number of nitrogens with zero attached hydrogens (tertiary/aromatic N) is 3. The highest BCUT2D eigenvalue weighted by molar-refractivity contribution is 5.69. The van der Waals surface area contributed by atoms with Crippen molar-refractivity contribution < 1.29 is 0 Å². The van der Waals surface area contributed by atoms with Crippen LogP contribution in [-0.4, -0.2) is 22.9 Å². The molecular weight excluding hydrogens is 234 g/mol. The molecule has 0 saturated heterocycles. The third-order valence-corrected chi connectivity index (χ3v) is 3.92. The summed E-state index contributed by atoms with van der Waals surface area (Å²) < 4.78 is 2.01. The number of anilines is 1. The van der Waals surface area contributed by atoms with Gasteiger partial charge >= 0.3 is 0 Å². The minimum absolute atomic E-state index is 0.416. The number of rotatable bonds is 3. The van der Waals surface area contributed by atoms with E-state index in [2.05, 4.69) is 55.2 Å². The second-order valence-corrected chi connectivity index (χ2v) is 5.48. The number of aromatic nitrogens is 2. The zero-order valence-corrected chi connectivity index (χ0v) is 11.9. The number of benzene rings is 1. The van der Waals surface area contributed by atoms with Crippen molar-refractivity contribution in [2.75, 3.05) is 18.0 Å². The maximum Gasteiger partial charge on any atom is 0.0568 e. The van der Waals surface area contributed by atoms with E-state index in [1.165, 1.54) is 22.4 Å². The molecule has 2 aromatic rings. The van der Waals surface area contributed by atoms with E-state index in [0.717, 1.165) is 19.5 Å². The minimum Gasteiger partial charge on any atom is -0.371 e. The molecule has 0 amide bonds. The molecule has 3 rings (SSSR count). The van der Waals surface area contributed by atoms with E-state index in [4.69, 9.17) is 0 Å². The van der Waals surface area contributed by atoms with E-state index in [0.29, 0.717) is 6.04 Å². The van der Waals surface area contributed by atoms with Crippen LogP contribution in [0.15, 0.2) is 30.6 Å². The van der Waals surface area contributed by atoms with E-state index < -0.39 is 0 Å². The van der Waals surface area contributed by atoms with Gasteiger partial charge in [-0.05, 0) is 50.5 Å². The Morgan fingerprint density at radius 3 is 2.79 bits per heavy atom. The summed E-state index contributed by atoms with van der Waals surface area (Å²) in [5, 5.41) is 4.42. The summed E-state index contributed by atoms with van der Waals surface area (Å²) in [6.07, 6.45) is 5.27. The predicted octanol–water partition coefficient (Wildman–Crippen LogP) is 3.51. The number of hydrogen-bond donors (Lipinski definition) is 0. The molecule has 0 bridgehead atoms. The quantitative estimate of drug-likeness (QED) is 0.836. The van der Waals surface area contributed by atoms with Gasteiger partial charge < -0.3 is 4.90 Å². The smallest absolute Gasteiger partial charge is 0.0568 e. The standard InChI is InChI=1S/C16H21N3/c1-4-18-8-7-14-9-13(5-6-16(14)18)15-10-17-19(11-15)12(2)3/h5-6,9-12H,4,7-8H2,1-3H3. The van der Waals surface area contributed by atoms with Gasteiger partial charge in [-0.25, -0.2) is 0 Å². The molecule has 2 heterocycles. The van der Waals surface area contributed by atoms with Crippen molar-refractivity contribution in [3.05, 3.63) is 36.2 Å². The SMILES string of the molecule is CCN1CCc2cc(-c3cnn(C(C)C)c3)ccc21. The first-order chi connectivity index (χ1) is 9.19. The Kier molecular flexibility index (Phi) is 3.05. The van der Waals surface area contributed by atoms with E-state index in [-0.39, 0.29) is 0 Å². The third kappa shape index (κ3) is 2.14. The van der Waals surface area contributed by atoms with Crippen molar-refractivity contribution in [1.29, 1.82) is 0 Å². The van der Waals surface area contributed by atoms with Crippen molar-refractivity contribution in [3.63, 3.8) is 0 Å². The molecule has 19 heavy (non-hydrogen) atoms. The highest BCUT2D eigenvalue weighted by atomic mass is 15.3. The Hall–Kier alpha value is -1.77. The summed E-state index contributed by atoms with van der Waals surface area (Å²) in [7, 11) is 0. The van der Waals surface area contributed by atoms with Gasteiger partial charge in [-0.1, -0.05) is 6.07 Å². The van der Waals surface area contributed by atoms with Crippen LogP contribution >= 0.6 is 0 Å². The van der Waals surface area contributed by atoms with Gasteiger partial charge in [0.25, 0.3) is 0 Å². The molecule has 100 valence electrons. The molecule has 3 nitrogen and oxygen atoms in total. The molecule has 0 aliphatic carbocycles. The van der Waals surface area contributed by atoms with Crippen LogP contribution in [0.3, 0.4) is 0 Å². The highest BCUT2D eigenvalue weighted by Crippen LogP contribution is 2.32. The monoisotopic (exact) mass is 255 g/mol. The summed E-state index contributed by atoms with van der Waals surface area (Å²) in [6, 6.07) is 7.22. The average molecular weight is 255 g/mol. The summed E-state index contributed by atoms with van der Waals surface area (Å²) in [5.41, 5.74) is 5.37. The Balaban J connectivity index is 1.94. The predicted molar refractivity (Wildman–Crippen MR) is 79.6 cm³/mol. The van der Waals surface area contributed by atoms with Crippen molar-refractivity contribution in [1.82, 2.24) is 9.78 Å². The summed E-state index contributed by atoms with van der Waals surface area (Å²) >= 11 is 0. The first-order valence-corrected chi connectivity index (χ1v) is 7.11. The van der Waals surface area contributed by atoms with Crippen molar-refractivity contribution in [2.24, 2.45) is 0 Å². The van der Waals surface area contributed by atoms with Crippen molar-refractivity contribution in [3.8, 4) is 11.1 Å². The zero-order valence-electron chi connectivity index (χ0n) is 11.9. The fraction of sp³-hybridized carbons (Fsp3) is 0.438. The van der Waals surface area contributed by atoms with Gasteiger partial charge in [0.1, 0.15) is 0 Å². The molecule has 0 fully saturated rings. The lowest BCUT2D eigenvalue weighted by Gasteiger charge is -2.16. The van der Waals surface area contributed by atoms with Gasteiger partial charge in [0.15, 0.2) is 0 Å². The van der Waals surface area contributed by atoms with E-state index in [9.17, 15) is 0 Å². The van der Waals surface area contributed by atoms with Crippen LogP contribution in [-0.2, 0) is 6.42 Å². The Morgan fingerprint density at radius 2 is 2.11 bits per heavy atom. The van der Waals surface area contributed by atoms with Crippen LogP contribution < -0.4 is 4.90 Å². The largest absolute Gasteiger partial charge is 0.371 e. The van der Waals surface area contributed by atoms with E-state index in [1.807, 2.05) is 10.9 Å². The lowest BCUT2D eigenvalue weighted by Crippen LogP contribution is -2.18. The lowest BCUT2D eigenvalue weighted by atomic mass is 10.0. The molecule has 3 heteroatoms. The van der Waals surface area contributed by atoms with Crippen LogP contribution in [0.5, 0.6) is 0 Å². The maximum absolute atomic E-state index is 4.42. The minimum atomic E-state index is 0.416. The zero-order chi connectivity index (χ0) is 13.4. The molecule has 1 aromatic heterocycles. The van der Waals surface area contributed by atoms with Crippen molar-refractivity contribution in [2.45, 2.75) is 33.2 Å². The maximum atomic E-state index is 4.42. The van der Waals surface area contributed by atoms with Gasteiger partial charge in [0.2, 0.25) is 0 Å². The first kappa shape index (κ1) is 12.3. The molecule has 0 spiro atoms. The van der Waals surface area contributed by atoms with Gasteiger partial charge in [0, 0.05) is 36.6 Å². The normalized spacial score (nSPS) is 14.2. The number of hydrogen-bond acceptors (Lipinski definition) is 2. The molecule has 0 N–H and O–H groups in total. The molecule has 1 aliphatic rings. The van der Waals surface area contributed by atoms with Crippen LogP contribution in [0.2, 0.25) is 0 Å². The molecule has 0 saturated carbocycles. The van der Waals surface area contributed by atoms with Crippen LogP contribution in [0.25, 0.3) is 11.1 Å². The van der Waals surface area contributed by atoms with Crippen LogP contribution in [0, 0.1) is 0 Å². The highest BCUT2D eigenvalue weighted by Gasteiger charge is 2.18. The summed E-state index contributed by atoms with van der Waals surface area (Å²) in [4.78, 5) is 2.44. The van der Waals surface area contributed by atoms with Crippen LogP contribution in [0.4, 0.5) is 5.69 Å². The molecule has 0 atom stereocenters.